The minimum Gasteiger partial charge on any atom is -0.324 e. The summed E-state index contributed by atoms with van der Waals surface area (Å²) in [5.74, 6) is 2.20. The molecular weight excluding hydrogens is 343 g/mol. The van der Waals surface area contributed by atoms with Crippen molar-refractivity contribution in [3.05, 3.63) is 70.5 Å². The maximum absolute atomic E-state index is 6.20. The first-order valence-corrected chi connectivity index (χ1v) is 8.38. The summed E-state index contributed by atoms with van der Waals surface area (Å²) >= 11 is 12.4. The quantitative estimate of drug-likeness (QED) is 0.710. The van der Waals surface area contributed by atoms with Crippen LogP contribution in [0.4, 0.5) is 0 Å². The van der Waals surface area contributed by atoms with Crippen molar-refractivity contribution in [1.29, 1.82) is 0 Å². The molecule has 6 heteroatoms. The number of nitrogens with one attached hydrogen (secondary N) is 1. The summed E-state index contributed by atoms with van der Waals surface area (Å²) in [6.07, 6.45) is 0.706. The SMILES string of the molecule is ClC(Cl)=C1NC(c2ccccc2)=NCCc2nc3ccccc3n21. The Morgan fingerprint density at radius 1 is 1.00 bits per heavy atom. The zero-order valence-corrected chi connectivity index (χ0v) is 14.2. The summed E-state index contributed by atoms with van der Waals surface area (Å²) in [7, 11) is 0. The number of hydrogen-bond donors (Lipinski definition) is 1. The van der Waals surface area contributed by atoms with E-state index in [1.165, 1.54) is 0 Å². The average molecular weight is 357 g/mol. The van der Waals surface area contributed by atoms with Crippen LogP contribution in [0.2, 0.25) is 0 Å². The molecule has 1 aliphatic heterocycles. The number of benzene rings is 2. The summed E-state index contributed by atoms with van der Waals surface area (Å²) < 4.78 is 2.12. The van der Waals surface area contributed by atoms with Gasteiger partial charge in [0.25, 0.3) is 0 Å². The first-order valence-electron chi connectivity index (χ1n) is 7.63. The average Bonchev–Trinajstić information content (AvgIpc) is 2.93. The first kappa shape index (κ1) is 15.2. The molecule has 0 bridgehead atoms. The molecule has 1 aromatic heterocycles. The maximum Gasteiger partial charge on any atom is 0.148 e. The van der Waals surface area contributed by atoms with Crippen molar-refractivity contribution in [1.82, 2.24) is 14.9 Å². The summed E-state index contributed by atoms with van der Waals surface area (Å²) in [5, 5.41) is 3.29. The highest BCUT2D eigenvalue weighted by molar-refractivity contribution is 6.58. The van der Waals surface area contributed by atoms with Crippen LogP contribution < -0.4 is 5.32 Å². The fourth-order valence-corrected chi connectivity index (χ4v) is 3.12. The van der Waals surface area contributed by atoms with Crippen LogP contribution in [0.25, 0.3) is 16.9 Å². The van der Waals surface area contributed by atoms with E-state index in [9.17, 15) is 0 Å². The Bertz CT molecular complexity index is 954. The number of fused-ring (bicyclic) bond motifs is 3. The third-order valence-electron chi connectivity index (χ3n) is 3.92. The predicted octanol–water partition coefficient (Wildman–Crippen LogP) is 4.19. The molecule has 120 valence electrons. The van der Waals surface area contributed by atoms with Crippen molar-refractivity contribution in [3.8, 4) is 0 Å². The summed E-state index contributed by atoms with van der Waals surface area (Å²) in [6, 6.07) is 17.8. The second-order valence-corrected chi connectivity index (χ2v) is 6.38. The zero-order valence-electron chi connectivity index (χ0n) is 12.7. The van der Waals surface area contributed by atoms with Gasteiger partial charge in [-0.25, -0.2) is 4.98 Å². The molecule has 1 aliphatic rings. The predicted molar refractivity (Wildman–Crippen MR) is 99.3 cm³/mol. The van der Waals surface area contributed by atoms with Crippen molar-refractivity contribution >= 4 is 45.9 Å². The van der Waals surface area contributed by atoms with Gasteiger partial charge in [0.1, 0.15) is 22.0 Å². The van der Waals surface area contributed by atoms with Gasteiger partial charge in [-0.05, 0) is 12.1 Å². The van der Waals surface area contributed by atoms with Crippen LogP contribution in [0.15, 0.2) is 64.1 Å². The Hall–Kier alpha value is -2.30. The fourth-order valence-electron chi connectivity index (χ4n) is 2.86. The van der Waals surface area contributed by atoms with Gasteiger partial charge in [0.05, 0.1) is 11.0 Å². The maximum atomic E-state index is 6.20. The molecule has 0 fully saturated rings. The molecule has 0 atom stereocenters. The molecule has 0 amide bonds. The number of imidazole rings is 1. The number of para-hydroxylation sites is 2. The third kappa shape index (κ3) is 2.68. The number of aliphatic imine (C=N–C) groups is 1. The lowest BCUT2D eigenvalue weighted by Crippen LogP contribution is -2.29. The summed E-state index contributed by atoms with van der Waals surface area (Å²) in [6.45, 7) is 0.633. The minimum absolute atomic E-state index is 0.143. The zero-order chi connectivity index (χ0) is 16.5. The van der Waals surface area contributed by atoms with Gasteiger partial charge in [-0.15, -0.1) is 0 Å². The molecule has 0 unspecified atom stereocenters. The molecule has 0 aliphatic carbocycles. The van der Waals surface area contributed by atoms with Crippen molar-refractivity contribution in [2.24, 2.45) is 4.99 Å². The molecule has 2 aromatic carbocycles. The van der Waals surface area contributed by atoms with E-state index >= 15 is 0 Å². The molecule has 24 heavy (non-hydrogen) atoms. The van der Waals surface area contributed by atoms with E-state index in [1.807, 2.05) is 59.2 Å². The number of nitrogens with zero attached hydrogens (tertiary/aromatic N) is 3. The lowest BCUT2D eigenvalue weighted by molar-refractivity contribution is 0.822. The highest BCUT2D eigenvalue weighted by Gasteiger charge is 2.20. The molecule has 0 saturated heterocycles. The number of aromatic nitrogens is 2. The van der Waals surface area contributed by atoms with Crippen LogP contribution in [-0.2, 0) is 6.42 Å². The first-order chi connectivity index (χ1) is 11.7. The number of halogens is 2. The fraction of sp³-hybridized carbons (Fsp3) is 0.111. The van der Waals surface area contributed by atoms with E-state index in [4.69, 9.17) is 23.2 Å². The Labute approximate surface area is 149 Å². The Kier molecular flexibility index (Phi) is 4.00. The van der Waals surface area contributed by atoms with Gasteiger partial charge < -0.3 is 5.32 Å². The van der Waals surface area contributed by atoms with Gasteiger partial charge in [-0.3, -0.25) is 9.56 Å². The van der Waals surface area contributed by atoms with Gasteiger partial charge in [0.2, 0.25) is 0 Å². The summed E-state index contributed by atoms with van der Waals surface area (Å²) in [5.41, 5.74) is 2.85. The van der Waals surface area contributed by atoms with E-state index in [-0.39, 0.29) is 4.49 Å². The number of rotatable bonds is 1. The van der Waals surface area contributed by atoms with E-state index in [1.54, 1.807) is 0 Å². The Morgan fingerprint density at radius 2 is 1.75 bits per heavy atom. The van der Waals surface area contributed by atoms with Gasteiger partial charge in [0, 0.05) is 18.5 Å². The molecule has 4 nitrogen and oxygen atoms in total. The summed E-state index contributed by atoms with van der Waals surface area (Å²) in [4.78, 5) is 9.34. The Morgan fingerprint density at radius 3 is 2.54 bits per heavy atom. The van der Waals surface area contributed by atoms with E-state index in [0.717, 1.165) is 28.3 Å². The lowest BCUT2D eigenvalue weighted by Gasteiger charge is -2.20. The second kappa shape index (κ2) is 6.30. The van der Waals surface area contributed by atoms with Gasteiger partial charge in [-0.1, -0.05) is 65.7 Å². The standard InChI is InChI=1S/C18H14Cl2N4/c19-16(20)18-23-17(12-6-2-1-3-7-12)21-11-10-15-22-13-8-4-5-9-14(13)24(15)18/h1-9H,10-11H2,(H,21,23). The number of amidine groups is 1. The van der Waals surface area contributed by atoms with Crippen molar-refractivity contribution < 1.29 is 0 Å². The topological polar surface area (TPSA) is 42.2 Å². The van der Waals surface area contributed by atoms with Crippen LogP contribution in [0.1, 0.15) is 11.4 Å². The van der Waals surface area contributed by atoms with Crippen LogP contribution in [-0.4, -0.2) is 21.9 Å². The lowest BCUT2D eigenvalue weighted by atomic mass is 10.2. The van der Waals surface area contributed by atoms with E-state index < -0.39 is 0 Å². The van der Waals surface area contributed by atoms with Crippen molar-refractivity contribution in [2.45, 2.75) is 6.42 Å². The normalized spacial score (nSPS) is 14.4. The van der Waals surface area contributed by atoms with Crippen LogP contribution in [0, 0.1) is 0 Å². The molecular formula is C18H14Cl2N4. The second-order valence-electron chi connectivity index (χ2n) is 5.43. The van der Waals surface area contributed by atoms with Gasteiger partial charge in [0.15, 0.2) is 0 Å². The smallest absolute Gasteiger partial charge is 0.148 e. The highest BCUT2D eigenvalue weighted by Crippen LogP contribution is 2.26. The molecule has 4 rings (SSSR count). The third-order valence-corrected chi connectivity index (χ3v) is 4.28. The van der Waals surface area contributed by atoms with Gasteiger partial charge in [-0.2, -0.15) is 0 Å². The molecule has 1 N–H and O–H groups in total. The largest absolute Gasteiger partial charge is 0.324 e. The monoisotopic (exact) mass is 356 g/mol. The minimum atomic E-state index is 0.143. The molecule has 2 heterocycles. The van der Waals surface area contributed by atoms with E-state index in [0.29, 0.717) is 18.8 Å². The van der Waals surface area contributed by atoms with Gasteiger partial charge >= 0.3 is 0 Å². The number of hydrogen-bond acceptors (Lipinski definition) is 3. The molecule has 0 spiro atoms. The van der Waals surface area contributed by atoms with Crippen LogP contribution >= 0.6 is 23.2 Å². The van der Waals surface area contributed by atoms with Crippen LogP contribution in [0.5, 0.6) is 0 Å². The van der Waals surface area contributed by atoms with Crippen LogP contribution in [0.3, 0.4) is 0 Å². The van der Waals surface area contributed by atoms with Crippen molar-refractivity contribution in [2.75, 3.05) is 6.54 Å². The van der Waals surface area contributed by atoms with E-state index in [2.05, 4.69) is 15.3 Å². The van der Waals surface area contributed by atoms with Crippen molar-refractivity contribution in [3.63, 3.8) is 0 Å². The highest BCUT2D eigenvalue weighted by atomic mass is 35.5. The Balaban J connectivity index is 1.88. The molecule has 0 saturated carbocycles. The molecule has 0 radical (unpaired) electrons. The molecule has 3 aromatic rings.